The number of carbonyl (C=O) groups is 2. The number of hydroxylamine groups is 3. The van der Waals surface area contributed by atoms with E-state index in [1.54, 1.807) is 4.90 Å². The molecule has 3 aliphatic rings. The summed E-state index contributed by atoms with van der Waals surface area (Å²) in [6, 6.07) is 9.01. The van der Waals surface area contributed by atoms with Gasteiger partial charge < -0.3 is 9.80 Å². The fourth-order valence-electron chi connectivity index (χ4n) is 4.50. The minimum atomic E-state index is -0.502. The van der Waals surface area contributed by atoms with Crippen LogP contribution >= 0.6 is 0 Å². The summed E-state index contributed by atoms with van der Waals surface area (Å²) < 4.78 is 0. The molecule has 3 atom stereocenters. The topological polar surface area (TPSA) is 74.4 Å². The first-order valence-electron chi connectivity index (χ1n) is 10.5. The van der Waals surface area contributed by atoms with Crippen molar-refractivity contribution < 1.29 is 19.3 Å². The first-order chi connectivity index (χ1) is 14.1. The van der Waals surface area contributed by atoms with Crippen LogP contribution in [0.2, 0.25) is 0 Å². The minimum absolute atomic E-state index is 0.00560. The molecule has 0 radical (unpaired) electrons. The number of rotatable bonds is 7. The maximum atomic E-state index is 12.8. The Hall–Kier alpha value is -2.16. The van der Waals surface area contributed by atoms with Crippen molar-refractivity contribution in [1.29, 1.82) is 0 Å². The Morgan fingerprint density at radius 1 is 1.17 bits per heavy atom. The molecule has 0 spiro atoms. The summed E-state index contributed by atoms with van der Waals surface area (Å²) >= 11 is 0. The van der Waals surface area contributed by atoms with Gasteiger partial charge in [-0.15, -0.1) is 0 Å². The SMILES string of the molecule is CN1CCC[C@@H](CONC(=O)[C@@H]2CC[C@@H]3CN2C(=O)N3OCc2ccccc2)C1. The Morgan fingerprint density at radius 3 is 2.79 bits per heavy atom. The van der Waals surface area contributed by atoms with Crippen molar-refractivity contribution in [3.8, 4) is 0 Å². The number of benzene rings is 1. The van der Waals surface area contributed by atoms with E-state index in [2.05, 4.69) is 17.4 Å². The van der Waals surface area contributed by atoms with Crippen molar-refractivity contribution in [1.82, 2.24) is 20.3 Å². The molecule has 3 aliphatic heterocycles. The smallest absolute Gasteiger partial charge is 0.309 e. The van der Waals surface area contributed by atoms with Crippen LogP contribution in [-0.2, 0) is 21.1 Å². The van der Waals surface area contributed by atoms with Gasteiger partial charge in [0.2, 0.25) is 0 Å². The monoisotopic (exact) mass is 402 g/mol. The van der Waals surface area contributed by atoms with Crippen LogP contribution in [-0.4, -0.2) is 72.2 Å². The number of likely N-dealkylation sites (tertiary alicyclic amines) is 1. The van der Waals surface area contributed by atoms with Crippen LogP contribution in [0, 0.1) is 5.92 Å². The zero-order valence-electron chi connectivity index (χ0n) is 17.0. The zero-order chi connectivity index (χ0) is 20.2. The first kappa shape index (κ1) is 20.1. The van der Waals surface area contributed by atoms with Crippen LogP contribution in [0.25, 0.3) is 0 Å². The molecule has 29 heavy (non-hydrogen) atoms. The van der Waals surface area contributed by atoms with E-state index in [1.807, 2.05) is 30.3 Å². The first-order valence-corrected chi connectivity index (χ1v) is 10.5. The molecule has 3 amide bonds. The molecule has 2 bridgehead atoms. The maximum absolute atomic E-state index is 12.8. The highest BCUT2D eigenvalue weighted by molar-refractivity contribution is 5.88. The summed E-state index contributed by atoms with van der Waals surface area (Å²) in [5, 5.41) is 1.44. The fraction of sp³-hybridized carbons (Fsp3) is 0.619. The summed E-state index contributed by atoms with van der Waals surface area (Å²) in [5.74, 6) is 0.186. The Bertz CT molecular complexity index is 716. The fourth-order valence-corrected chi connectivity index (χ4v) is 4.50. The van der Waals surface area contributed by atoms with Crippen LogP contribution in [0.4, 0.5) is 4.79 Å². The van der Waals surface area contributed by atoms with Gasteiger partial charge in [-0.2, -0.15) is 5.06 Å². The van der Waals surface area contributed by atoms with Crippen molar-refractivity contribution in [3.05, 3.63) is 35.9 Å². The number of urea groups is 1. The average molecular weight is 402 g/mol. The zero-order valence-corrected chi connectivity index (χ0v) is 17.0. The van der Waals surface area contributed by atoms with E-state index in [0.29, 0.717) is 32.1 Å². The molecule has 1 N–H and O–H groups in total. The second-order valence-electron chi connectivity index (χ2n) is 8.31. The van der Waals surface area contributed by atoms with Crippen molar-refractivity contribution in [3.63, 3.8) is 0 Å². The third-order valence-corrected chi connectivity index (χ3v) is 6.05. The second-order valence-corrected chi connectivity index (χ2v) is 8.31. The van der Waals surface area contributed by atoms with Crippen LogP contribution < -0.4 is 5.48 Å². The van der Waals surface area contributed by atoms with Gasteiger partial charge in [-0.3, -0.25) is 14.5 Å². The van der Waals surface area contributed by atoms with E-state index < -0.39 is 6.04 Å². The maximum Gasteiger partial charge on any atom is 0.345 e. The lowest BCUT2D eigenvalue weighted by atomic mass is 10.00. The summed E-state index contributed by atoms with van der Waals surface area (Å²) in [7, 11) is 2.10. The molecule has 1 aromatic rings. The van der Waals surface area contributed by atoms with Crippen molar-refractivity contribution >= 4 is 11.9 Å². The molecule has 0 unspecified atom stereocenters. The normalized spacial score (nSPS) is 27.3. The van der Waals surface area contributed by atoms with Gasteiger partial charge in [0.05, 0.1) is 12.6 Å². The van der Waals surface area contributed by atoms with Gasteiger partial charge in [-0.1, -0.05) is 30.3 Å². The Balaban J connectivity index is 1.26. The number of piperidine rings is 2. The number of carbonyl (C=O) groups excluding carboxylic acids is 2. The second kappa shape index (κ2) is 9.11. The molecule has 8 heteroatoms. The van der Waals surface area contributed by atoms with Crippen molar-refractivity contribution in [2.75, 3.05) is 33.3 Å². The number of nitrogens with one attached hydrogen (secondary N) is 1. The van der Waals surface area contributed by atoms with Gasteiger partial charge in [0.1, 0.15) is 12.6 Å². The quantitative estimate of drug-likeness (QED) is 0.704. The predicted octanol–water partition coefficient (Wildman–Crippen LogP) is 1.78. The Kier molecular flexibility index (Phi) is 6.32. The van der Waals surface area contributed by atoms with Crippen LogP contribution in [0.5, 0.6) is 0 Å². The summed E-state index contributed by atoms with van der Waals surface area (Å²) in [4.78, 5) is 40.6. The molecular formula is C21H30N4O4. The number of fused-ring (bicyclic) bond motifs is 2. The highest BCUT2D eigenvalue weighted by Crippen LogP contribution is 2.30. The molecule has 0 aliphatic carbocycles. The lowest BCUT2D eigenvalue weighted by molar-refractivity contribution is -0.141. The predicted molar refractivity (Wildman–Crippen MR) is 106 cm³/mol. The number of nitrogens with zero attached hydrogens (tertiary/aromatic N) is 3. The summed E-state index contributed by atoms with van der Waals surface area (Å²) in [6.07, 6.45) is 3.62. The molecule has 3 saturated heterocycles. The Labute approximate surface area is 171 Å². The average Bonchev–Trinajstić information content (AvgIpc) is 2.97. The highest BCUT2D eigenvalue weighted by Gasteiger charge is 2.48. The molecule has 1 aromatic carbocycles. The highest BCUT2D eigenvalue weighted by atomic mass is 16.7. The molecular weight excluding hydrogens is 372 g/mol. The van der Waals surface area contributed by atoms with Crippen LogP contribution in [0.3, 0.4) is 0 Å². The molecule has 0 saturated carbocycles. The van der Waals surface area contributed by atoms with E-state index >= 15 is 0 Å². The van der Waals surface area contributed by atoms with Gasteiger partial charge >= 0.3 is 6.03 Å². The van der Waals surface area contributed by atoms with E-state index in [9.17, 15) is 9.59 Å². The van der Waals surface area contributed by atoms with E-state index in [4.69, 9.17) is 9.68 Å². The molecule has 4 rings (SSSR count). The lowest BCUT2D eigenvalue weighted by Crippen LogP contribution is -2.50. The summed E-state index contributed by atoms with van der Waals surface area (Å²) in [5.41, 5.74) is 3.59. The number of hydrogen-bond donors (Lipinski definition) is 1. The van der Waals surface area contributed by atoms with Crippen molar-refractivity contribution in [2.45, 2.75) is 44.4 Å². The molecule has 0 aromatic heterocycles. The van der Waals surface area contributed by atoms with Crippen LogP contribution in [0.1, 0.15) is 31.2 Å². The van der Waals surface area contributed by atoms with E-state index in [-0.39, 0.29) is 18.0 Å². The number of amides is 3. The van der Waals surface area contributed by atoms with Gasteiger partial charge in [0.25, 0.3) is 5.91 Å². The third kappa shape index (κ3) is 4.71. The van der Waals surface area contributed by atoms with Gasteiger partial charge in [0.15, 0.2) is 0 Å². The third-order valence-electron chi connectivity index (χ3n) is 6.05. The molecule has 3 heterocycles. The van der Waals surface area contributed by atoms with Crippen molar-refractivity contribution in [2.24, 2.45) is 5.92 Å². The minimum Gasteiger partial charge on any atom is -0.309 e. The largest absolute Gasteiger partial charge is 0.345 e. The Morgan fingerprint density at radius 2 is 2.00 bits per heavy atom. The van der Waals surface area contributed by atoms with Gasteiger partial charge in [-0.25, -0.2) is 10.3 Å². The van der Waals surface area contributed by atoms with Crippen LogP contribution in [0.15, 0.2) is 30.3 Å². The standard InChI is InChI=1S/C21H30N4O4/c1-23-11-5-8-17(12-23)14-28-22-20(26)19-10-9-18-13-24(19)21(27)25(18)29-15-16-6-3-2-4-7-16/h2-4,6-7,17-19H,5,8-15H2,1H3,(H,22,26)/t17-,18-,19+/m1/s1. The molecule has 158 valence electrons. The van der Waals surface area contributed by atoms with Gasteiger partial charge in [0, 0.05) is 13.1 Å². The van der Waals surface area contributed by atoms with E-state index in [0.717, 1.165) is 37.9 Å². The summed E-state index contributed by atoms with van der Waals surface area (Å²) in [6.45, 7) is 3.46. The number of hydrogen-bond acceptors (Lipinski definition) is 5. The van der Waals surface area contributed by atoms with E-state index in [1.165, 1.54) is 5.06 Å². The van der Waals surface area contributed by atoms with Gasteiger partial charge in [-0.05, 0) is 50.8 Å². The molecule has 8 nitrogen and oxygen atoms in total. The molecule has 3 fully saturated rings. The lowest BCUT2D eigenvalue weighted by Gasteiger charge is -2.30.